The molecule has 0 spiro atoms. The summed E-state index contributed by atoms with van der Waals surface area (Å²) in [6.45, 7) is 0. The number of para-hydroxylation sites is 1. The van der Waals surface area contributed by atoms with E-state index in [4.69, 9.17) is 10.5 Å². The Hall–Kier alpha value is -2.92. The first-order chi connectivity index (χ1) is 11.6. The molecule has 0 amide bonds. The molecule has 4 N–H and O–H groups in total. The second-order valence-electron chi connectivity index (χ2n) is 5.59. The van der Waals surface area contributed by atoms with Gasteiger partial charge in [-0.1, -0.05) is 24.3 Å². The number of nitrogen functional groups attached to an aromatic ring is 1. The molecule has 1 atom stereocenters. The topological polar surface area (TPSA) is 70.8 Å². The minimum absolute atomic E-state index is 0.543. The Kier molecular flexibility index (Phi) is 4.44. The van der Waals surface area contributed by atoms with Gasteiger partial charge < -0.3 is 25.8 Å². The minimum atomic E-state index is -0.624. The van der Waals surface area contributed by atoms with Gasteiger partial charge in [0.15, 0.2) is 5.75 Å². The third-order valence-corrected chi connectivity index (χ3v) is 3.95. The Morgan fingerprint density at radius 2 is 1.92 bits per heavy atom. The summed E-state index contributed by atoms with van der Waals surface area (Å²) in [4.78, 5) is 1.73. The smallest absolute Gasteiger partial charge is 0.160 e. The van der Waals surface area contributed by atoms with Crippen molar-refractivity contribution in [2.75, 3.05) is 25.1 Å². The summed E-state index contributed by atoms with van der Waals surface area (Å²) in [5, 5.41) is 12.9. The summed E-state index contributed by atoms with van der Waals surface area (Å²) in [5.74, 6) is 1.31. The van der Waals surface area contributed by atoms with Crippen LogP contribution >= 0.6 is 0 Å². The second-order valence-corrected chi connectivity index (χ2v) is 5.59. The molecule has 5 heteroatoms. The van der Waals surface area contributed by atoms with Gasteiger partial charge in [0.2, 0.25) is 0 Å². The highest BCUT2D eigenvalue weighted by atomic mass is 16.5. The fourth-order valence-corrected chi connectivity index (χ4v) is 2.58. The van der Waals surface area contributed by atoms with E-state index >= 15 is 0 Å². The van der Waals surface area contributed by atoms with Crippen LogP contribution in [0.4, 0.5) is 11.4 Å². The SMILES string of the molecule is CNc1ccc(C2=CN(C)C(O)C=C2)c(Oc2ccccc2)c1N. The van der Waals surface area contributed by atoms with Crippen LogP contribution in [0.2, 0.25) is 0 Å². The van der Waals surface area contributed by atoms with Gasteiger partial charge in [0.05, 0.1) is 11.4 Å². The molecule has 0 saturated heterocycles. The van der Waals surface area contributed by atoms with E-state index in [0.717, 1.165) is 16.8 Å². The van der Waals surface area contributed by atoms with Gasteiger partial charge in [-0.3, -0.25) is 0 Å². The molecule has 0 aliphatic carbocycles. The first-order valence-corrected chi connectivity index (χ1v) is 7.73. The fourth-order valence-electron chi connectivity index (χ4n) is 2.58. The first-order valence-electron chi connectivity index (χ1n) is 7.73. The van der Waals surface area contributed by atoms with E-state index in [9.17, 15) is 5.11 Å². The zero-order valence-electron chi connectivity index (χ0n) is 13.7. The van der Waals surface area contributed by atoms with Crippen LogP contribution in [-0.4, -0.2) is 30.3 Å². The highest BCUT2D eigenvalue weighted by molar-refractivity contribution is 5.87. The molecule has 2 aromatic carbocycles. The molecule has 2 aromatic rings. The minimum Gasteiger partial charge on any atom is -0.454 e. The third kappa shape index (κ3) is 3.07. The van der Waals surface area contributed by atoms with Crippen molar-refractivity contribution >= 4 is 16.9 Å². The maximum absolute atomic E-state index is 9.81. The molecule has 0 radical (unpaired) electrons. The predicted molar refractivity (Wildman–Crippen MR) is 97.8 cm³/mol. The van der Waals surface area contributed by atoms with Gasteiger partial charge in [0.1, 0.15) is 12.0 Å². The monoisotopic (exact) mass is 323 g/mol. The number of hydrogen-bond donors (Lipinski definition) is 3. The van der Waals surface area contributed by atoms with Crippen molar-refractivity contribution in [3.63, 3.8) is 0 Å². The van der Waals surface area contributed by atoms with E-state index in [2.05, 4.69) is 5.32 Å². The lowest BCUT2D eigenvalue weighted by atomic mass is 10.0. The molecule has 1 aliphatic rings. The van der Waals surface area contributed by atoms with Gasteiger partial charge in [0, 0.05) is 31.4 Å². The zero-order chi connectivity index (χ0) is 17.1. The van der Waals surface area contributed by atoms with E-state index in [1.54, 1.807) is 11.0 Å². The number of aliphatic hydroxyl groups excluding tert-OH is 1. The normalized spacial score (nSPS) is 16.7. The van der Waals surface area contributed by atoms with Gasteiger partial charge in [-0.05, 0) is 30.3 Å². The standard InChI is InChI=1S/C19H21N3O2/c1-21-16-10-9-15(13-8-11-17(23)22(2)12-13)19(18(16)20)24-14-6-4-3-5-7-14/h3-12,17,21,23H,20H2,1-2H3. The summed E-state index contributed by atoms with van der Waals surface area (Å²) in [7, 11) is 3.64. The molecule has 3 rings (SSSR count). The van der Waals surface area contributed by atoms with Crippen molar-refractivity contribution in [3.8, 4) is 11.5 Å². The number of anilines is 2. The molecule has 1 unspecified atom stereocenters. The molecule has 5 nitrogen and oxygen atoms in total. The molecule has 24 heavy (non-hydrogen) atoms. The maximum atomic E-state index is 9.81. The Morgan fingerprint density at radius 1 is 1.17 bits per heavy atom. The second kappa shape index (κ2) is 6.68. The van der Waals surface area contributed by atoms with Crippen LogP contribution in [0, 0.1) is 0 Å². The third-order valence-electron chi connectivity index (χ3n) is 3.95. The van der Waals surface area contributed by atoms with E-state index in [0.29, 0.717) is 17.2 Å². The molecule has 124 valence electrons. The number of nitrogens with zero attached hydrogens (tertiary/aromatic N) is 1. The summed E-state index contributed by atoms with van der Waals surface area (Å²) < 4.78 is 6.08. The Bertz CT molecular complexity index is 785. The molecule has 0 aromatic heterocycles. The number of aliphatic hydroxyl groups is 1. The van der Waals surface area contributed by atoms with E-state index in [-0.39, 0.29) is 0 Å². The lowest BCUT2D eigenvalue weighted by Gasteiger charge is -2.25. The Balaban J connectivity index is 2.08. The van der Waals surface area contributed by atoms with Crippen LogP contribution in [0.3, 0.4) is 0 Å². The highest BCUT2D eigenvalue weighted by Crippen LogP contribution is 2.40. The van der Waals surface area contributed by atoms with E-state index in [1.165, 1.54) is 0 Å². The molecular formula is C19H21N3O2. The van der Waals surface area contributed by atoms with E-state index < -0.39 is 6.23 Å². The quantitative estimate of drug-likeness (QED) is 0.753. The number of benzene rings is 2. The van der Waals surface area contributed by atoms with Crippen molar-refractivity contribution in [2.24, 2.45) is 0 Å². The Labute approximate surface area is 141 Å². The van der Waals surface area contributed by atoms with Crippen LogP contribution in [0.1, 0.15) is 5.56 Å². The van der Waals surface area contributed by atoms with Crippen molar-refractivity contribution in [3.05, 3.63) is 66.4 Å². The predicted octanol–water partition coefficient (Wildman–Crippen LogP) is 3.26. The molecule has 0 saturated carbocycles. The molecule has 0 bridgehead atoms. The van der Waals surface area contributed by atoms with Gasteiger partial charge in [-0.25, -0.2) is 0 Å². The number of rotatable bonds is 4. The largest absolute Gasteiger partial charge is 0.454 e. The molecule has 0 fully saturated rings. The summed E-state index contributed by atoms with van der Waals surface area (Å²) >= 11 is 0. The maximum Gasteiger partial charge on any atom is 0.160 e. The lowest BCUT2D eigenvalue weighted by Crippen LogP contribution is -2.26. The summed E-state index contributed by atoms with van der Waals surface area (Å²) in [6.07, 6.45) is 4.84. The number of hydrogen-bond acceptors (Lipinski definition) is 5. The summed E-state index contributed by atoms with van der Waals surface area (Å²) in [6, 6.07) is 13.4. The lowest BCUT2D eigenvalue weighted by molar-refractivity contribution is 0.0980. The van der Waals surface area contributed by atoms with Gasteiger partial charge in [0.25, 0.3) is 0 Å². The first kappa shape index (κ1) is 16.0. The molecule has 1 heterocycles. The van der Waals surface area contributed by atoms with Crippen molar-refractivity contribution < 1.29 is 9.84 Å². The number of likely N-dealkylation sites (N-methyl/N-ethyl adjacent to an activating group) is 1. The number of allylic oxidation sites excluding steroid dienone is 2. The van der Waals surface area contributed by atoms with Crippen LogP contribution in [0.5, 0.6) is 11.5 Å². The van der Waals surface area contributed by atoms with Gasteiger partial charge in [-0.2, -0.15) is 0 Å². The van der Waals surface area contributed by atoms with Gasteiger partial charge in [-0.15, -0.1) is 0 Å². The highest BCUT2D eigenvalue weighted by Gasteiger charge is 2.18. The van der Waals surface area contributed by atoms with Crippen LogP contribution < -0.4 is 15.8 Å². The van der Waals surface area contributed by atoms with Crippen molar-refractivity contribution in [1.82, 2.24) is 4.90 Å². The number of nitrogens with one attached hydrogen (secondary N) is 1. The Morgan fingerprint density at radius 3 is 2.58 bits per heavy atom. The van der Waals surface area contributed by atoms with Gasteiger partial charge >= 0.3 is 0 Å². The average molecular weight is 323 g/mol. The van der Waals surface area contributed by atoms with E-state index in [1.807, 2.05) is 68.8 Å². The molecular weight excluding hydrogens is 302 g/mol. The number of ether oxygens (including phenoxy) is 1. The van der Waals surface area contributed by atoms with Crippen molar-refractivity contribution in [2.45, 2.75) is 6.23 Å². The van der Waals surface area contributed by atoms with Crippen LogP contribution in [0.15, 0.2) is 60.8 Å². The fraction of sp³-hybridized carbons (Fsp3) is 0.158. The average Bonchev–Trinajstić information content (AvgIpc) is 2.60. The van der Waals surface area contributed by atoms with Crippen molar-refractivity contribution in [1.29, 1.82) is 0 Å². The number of nitrogens with two attached hydrogens (primary N) is 1. The zero-order valence-corrected chi connectivity index (χ0v) is 13.7. The molecule has 1 aliphatic heterocycles. The van der Waals surface area contributed by atoms with Crippen LogP contribution in [0.25, 0.3) is 5.57 Å². The summed E-state index contributed by atoms with van der Waals surface area (Å²) in [5.41, 5.74) is 9.44. The van der Waals surface area contributed by atoms with Crippen LogP contribution in [-0.2, 0) is 0 Å².